The molecule has 146 valence electrons. The molecular weight excluding hydrogens is 366 g/mol. The van der Waals surface area contributed by atoms with Gasteiger partial charge in [0.1, 0.15) is 11.4 Å². The Bertz CT molecular complexity index is 1160. The molecule has 0 unspecified atom stereocenters. The number of amides is 1. The van der Waals surface area contributed by atoms with E-state index in [2.05, 4.69) is 25.7 Å². The molecule has 3 N–H and O–H groups in total. The van der Waals surface area contributed by atoms with Gasteiger partial charge in [-0.25, -0.2) is 5.43 Å². The lowest BCUT2D eigenvalue weighted by Gasteiger charge is -2.09. The van der Waals surface area contributed by atoms with Crippen LogP contribution < -0.4 is 10.2 Å². The fourth-order valence-corrected chi connectivity index (χ4v) is 2.98. The predicted molar refractivity (Wildman–Crippen MR) is 113 cm³/mol. The van der Waals surface area contributed by atoms with Crippen LogP contribution in [0, 0.1) is 0 Å². The van der Waals surface area contributed by atoms with E-state index in [4.69, 9.17) is 4.74 Å². The van der Waals surface area contributed by atoms with Crippen molar-refractivity contribution in [1.82, 2.24) is 20.6 Å². The van der Waals surface area contributed by atoms with Crippen LogP contribution in [0.5, 0.6) is 5.75 Å². The number of hydrogen-bond acceptors (Lipinski definition) is 4. The van der Waals surface area contributed by atoms with Crippen LogP contribution in [0.15, 0.2) is 65.9 Å². The number of nitrogens with zero attached hydrogens (tertiary/aromatic N) is 2. The van der Waals surface area contributed by atoms with Crippen molar-refractivity contribution in [2.75, 3.05) is 0 Å². The molecule has 4 aromatic rings. The Morgan fingerprint density at radius 2 is 1.97 bits per heavy atom. The monoisotopic (exact) mass is 387 g/mol. The molecule has 0 atom stereocenters. The maximum Gasteiger partial charge on any atom is 0.289 e. The van der Waals surface area contributed by atoms with Gasteiger partial charge in [-0.15, -0.1) is 0 Å². The number of hydrogen-bond donors (Lipinski definition) is 3. The lowest BCUT2D eigenvalue weighted by molar-refractivity contribution is 0.0950. The van der Waals surface area contributed by atoms with Crippen LogP contribution in [0.4, 0.5) is 0 Å². The number of hydrazone groups is 1. The first-order chi connectivity index (χ1) is 14.1. The van der Waals surface area contributed by atoms with Gasteiger partial charge in [-0.05, 0) is 50.2 Å². The van der Waals surface area contributed by atoms with Gasteiger partial charge in [0, 0.05) is 28.2 Å². The minimum Gasteiger partial charge on any atom is -0.491 e. The molecule has 2 heterocycles. The fraction of sp³-hybridized carbons (Fsp3) is 0.136. The van der Waals surface area contributed by atoms with Gasteiger partial charge in [0.2, 0.25) is 0 Å². The van der Waals surface area contributed by atoms with Crippen molar-refractivity contribution >= 4 is 23.0 Å². The second-order valence-corrected chi connectivity index (χ2v) is 6.85. The van der Waals surface area contributed by atoms with Gasteiger partial charge < -0.3 is 9.72 Å². The highest BCUT2D eigenvalue weighted by atomic mass is 16.5. The van der Waals surface area contributed by atoms with Crippen LogP contribution in [-0.2, 0) is 0 Å². The van der Waals surface area contributed by atoms with Crippen molar-refractivity contribution in [3.63, 3.8) is 0 Å². The molecule has 0 aliphatic carbocycles. The average molecular weight is 387 g/mol. The summed E-state index contributed by atoms with van der Waals surface area (Å²) in [7, 11) is 0. The van der Waals surface area contributed by atoms with Crippen molar-refractivity contribution in [1.29, 1.82) is 0 Å². The third-order valence-corrected chi connectivity index (χ3v) is 4.34. The summed E-state index contributed by atoms with van der Waals surface area (Å²) in [6.45, 7) is 3.96. The predicted octanol–water partition coefficient (Wildman–Crippen LogP) is 4.11. The van der Waals surface area contributed by atoms with E-state index < -0.39 is 0 Å². The normalized spacial score (nSPS) is 11.4. The average Bonchev–Trinajstić information content (AvgIpc) is 3.36. The Balaban J connectivity index is 1.42. The molecule has 2 aromatic heterocycles. The number of benzene rings is 2. The molecule has 7 nitrogen and oxygen atoms in total. The van der Waals surface area contributed by atoms with Gasteiger partial charge in [-0.3, -0.25) is 9.89 Å². The van der Waals surface area contributed by atoms with E-state index >= 15 is 0 Å². The minimum absolute atomic E-state index is 0.117. The van der Waals surface area contributed by atoms with Gasteiger partial charge in [0.05, 0.1) is 18.0 Å². The fourth-order valence-electron chi connectivity index (χ4n) is 2.98. The number of aromatic nitrogens is 3. The molecule has 7 heteroatoms. The Labute approximate surface area is 167 Å². The number of para-hydroxylation sites is 1. The van der Waals surface area contributed by atoms with Gasteiger partial charge >= 0.3 is 0 Å². The minimum atomic E-state index is -0.361. The molecule has 29 heavy (non-hydrogen) atoms. The summed E-state index contributed by atoms with van der Waals surface area (Å²) >= 11 is 0. The maximum atomic E-state index is 12.3. The lowest BCUT2D eigenvalue weighted by Crippen LogP contribution is -2.17. The van der Waals surface area contributed by atoms with Crippen molar-refractivity contribution in [3.8, 4) is 17.0 Å². The summed E-state index contributed by atoms with van der Waals surface area (Å²) in [5.41, 5.74) is 6.33. The molecule has 1 amide bonds. The lowest BCUT2D eigenvalue weighted by atomic mass is 10.1. The Hall–Kier alpha value is -3.87. The Morgan fingerprint density at radius 3 is 2.76 bits per heavy atom. The van der Waals surface area contributed by atoms with Gasteiger partial charge in [-0.1, -0.05) is 18.2 Å². The van der Waals surface area contributed by atoms with Crippen molar-refractivity contribution < 1.29 is 9.53 Å². The van der Waals surface area contributed by atoms with E-state index in [1.54, 1.807) is 12.3 Å². The van der Waals surface area contributed by atoms with Crippen molar-refractivity contribution in [2.45, 2.75) is 20.0 Å². The first kappa shape index (κ1) is 18.5. The summed E-state index contributed by atoms with van der Waals surface area (Å²) in [6.07, 6.45) is 3.58. The number of H-pyrrole nitrogens is 2. The first-order valence-electron chi connectivity index (χ1n) is 9.32. The highest BCUT2D eigenvalue weighted by molar-refractivity contribution is 6.00. The molecule has 0 bridgehead atoms. The summed E-state index contributed by atoms with van der Waals surface area (Å²) in [5, 5.41) is 12.1. The third kappa shape index (κ3) is 4.19. The first-order valence-corrected chi connectivity index (χ1v) is 9.32. The molecule has 2 aromatic carbocycles. The molecule has 0 saturated heterocycles. The molecule has 0 aliphatic heterocycles. The van der Waals surface area contributed by atoms with Crippen molar-refractivity contribution in [2.24, 2.45) is 5.10 Å². The number of carbonyl (C=O) groups is 1. The highest BCUT2D eigenvalue weighted by Crippen LogP contribution is 2.22. The molecule has 0 fully saturated rings. The zero-order valence-electron chi connectivity index (χ0n) is 16.1. The second kappa shape index (κ2) is 8.02. The van der Waals surface area contributed by atoms with Crippen LogP contribution in [-0.4, -0.2) is 33.4 Å². The third-order valence-electron chi connectivity index (χ3n) is 4.34. The molecule has 0 radical (unpaired) electrons. The van der Waals surface area contributed by atoms with E-state index in [-0.39, 0.29) is 12.0 Å². The van der Waals surface area contributed by atoms with Gasteiger partial charge in [0.15, 0.2) is 0 Å². The molecule has 0 saturated carbocycles. The smallest absolute Gasteiger partial charge is 0.289 e. The molecule has 0 aliphatic rings. The van der Waals surface area contributed by atoms with E-state index in [1.165, 1.54) is 0 Å². The number of aromatic amines is 2. The van der Waals surface area contributed by atoms with Gasteiger partial charge in [-0.2, -0.15) is 10.2 Å². The number of rotatable bonds is 6. The zero-order valence-corrected chi connectivity index (χ0v) is 16.1. The largest absolute Gasteiger partial charge is 0.491 e. The summed E-state index contributed by atoms with van der Waals surface area (Å²) < 4.78 is 5.64. The topological polar surface area (TPSA) is 95.2 Å². The van der Waals surface area contributed by atoms with E-state index in [1.807, 2.05) is 68.6 Å². The van der Waals surface area contributed by atoms with E-state index in [0.29, 0.717) is 11.4 Å². The van der Waals surface area contributed by atoms with Gasteiger partial charge in [0.25, 0.3) is 5.91 Å². The number of carbonyl (C=O) groups excluding carboxylic acids is 1. The summed E-state index contributed by atoms with van der Waals surface area (Å²) in [6, 6.07) is 17.2. The quantitative estimate of drug-likeness (QED) is 0.343. The molecule has 0 spiro atoms. The van der Waals surface area contributed by atoms with Crippen LogP contribution in [0.2, 0.25) is 0 Å². The van der Waals surface area contributed by atoms with E-state index in [9.17, 15) is 4.79 Å². The van der Waals surface area contributed by atoms with E-state index in [0.717, 1.165) is 27.8 Å². The number of nitrogens with one attached hydrogen (secondary N) is 3. The summed E-state index contributed by atoms with van der Waals surface area (Å²) in [5.74, 6) is 0.434. The second-order valence-electron chi connectivity index (χ2n) is 6.85. The number of fused-ring (bicyclic) bond motifs is 1. The SMILES string of the molecule is CC(C)Oc1ccc(-c2cc(C(=O)NN=Cc3c[nH]c4ccccc34)[nH]n2)cc1. The van der Waals surface area contributed by atoms with Crippen LogP contribution in [0.3, 0.4) is 0 Å². The highest BCUT2D eigenvalue weighted by Gasteiger charge is 2.11. The Morgan fingerprint density at radius 1 is 1.17 bits per heavy atom. The maximum absolute atomic E-state index is 12.3. The molecular formula is C22H21N5O2. The van der Waals surface area contributed by atoms with Crippen LogP contribution >= 0.6 is 0 Å². The zero-order chi connectivity index (χ0) is 20.2. The summed E-state index contributed by atoms with van der Waals surface area (Å²) in [4.78, 5) is 15.5. The standard InChI is InChI=1S/C22H21N5O2/c1-14(2)29-17-9-7-15(8-10-17)20-11-21(26-25-20)22(28)27-24-13-16-12-23-19-6-4-3-5-18(16)19/h3-14,23H,1-2H3,(H,25,26)(H,27,28). The van der Waals surface area contributed by atoms with Crippen LogP contribution in [0.1, 0.15) is 29.9 Å². The van der Waals surface area contributed by atoms with Crippen molar-refractivity contribution in [3.05, 3.63) is 72.1 Å². The number of ether oxygens (including phenoxy) is 1. The molecule has 4 rings (SSSR count). The Kier molecular flexibility index (Phi) is 5.11. The van der Waals surface area contributed by atoms with Crippen LogP contribution in [0.25, 0.3) is 22.2 Å².